The van der Waals surface area contributed by atoms with Crippen molar-refractivity contribution in [1.82, 2.24) is 19.1 Å². The van der Waals surface area contributed by atoms with Gasteiger partial charge in [-0.1, -0.05) is 24.3 Å². The minimum atomic E-state index is -0.299. The molecular weight excluding hydrogens is 465 g/mol. The molecule has 0 unspecified atom stereocenters. The first-order valence-electron chi connectivity index (χ1n) is 12.1. The van der Waals surface area contributed by atoms with Gasteiger partial charge < -0.3 is 9.88 Å². The van der Waals surface area contributed by atoms with Gasteiger partial charge in [0.2, 0.25) is 0 Å². The van der Waals surface area contributed by atoms with Crippen molar-refractivity contribution in [2.75, 3.05) is 5.32 Å². The second kappa shape index (κ2) is 9.35. The maximum Gasteiger partial charge on any atom is 0.255 e. The Kier molecular flexibility index (Phi) is 5.73. The van der Waals surface area contributed by atoms with Gasteiger partial charge in [-0.25, -0.2) is 14.4 Å². The molecule has 1 N–H and O–H groups in total. The molecule has 6 rings (SSSR count). The van der Waals surface area contributed by atoms with Gasteiger partial charge in [0.25, 0.3) is 5.91 Å². The molecule has 0 spiro atoms. The molecule has 0 saturated carbocycles. The van der Waals surface area contributed by atoms with Crippen LogP contribution >= 0.6 is 0 Å². The summed E-state index contributed by atoms with van der Waals surface area (Å²) in [6.45, 7) is 2.72. The van der Waals surface area contributed by atoms with Crippen LogP contribution in [-0.4, -0.2) is 25.0 Å². The van der Waals surface area contributed by atoms with Crippen molar-refractivity contribution in [3.05, 3.63) is 120 Å². The fourth-order valence-electron chi connectivity index (χ4n) is 4.65. The summed E-state index contributed by atoms with van der Waals surface area (Å²) in [5.41, 5.74) is 6.90. The third-order valence-electron chi connectivity index (χ3n) is 6.55. The van der Waals surface area contributed by atoms with Gasteiger partial charge in [-0.2, -0.15) is 0 Å². The van der Waals surface area contributed by atoms with Crippen LogP contribution in [0.1, 0.15) is 21.7 Å². The van der Waals surface area contributed by atoms with Crippen LogP contribution < -0.4 is 5.32 Å². The number of fused-ring (bicyclic) bond motifs is 2. The van der Waals surface area contributed by atoms with E-state index in [0.29, 0.717) is 5.56 Å². The van der Waals surface area contributed by atoms with Crippen LogP contribution in [0.5, 0.6) is 0 Å². The first-order valence-corrected chi connectivity index (χ1v) is 12.1. The zero-order valence-corrected chi connectivity index (χ0v) is 20.2. The first kappa shape index (κ1) is 22.7. The zero-order chi connectivity index (χ0) is 25.4. The van der Waals surface area contributed by atoms with Crippen molar-refractivity contribution in [3.8, 4) is 5.69 Å². The quantitative estimate of drug-likeness (QED) is 0.298. The second-order valence-electron chi connectivity index (χ2n) is 9.00. The molecule has 0 atom stereocenters. The molecule has 0 saturated heterocycles. The number of anilines is 1. The lowest BCUT2D eigenvalue weighted by molar-refractivity contribution is 0.102. The summed E-state index contributed by atoms with van der Waals surface area (Å²) in [6, 6.07) is 27.7. The van der Waals surface area contributed by atoms with Crippen molar-refractivity contribution in [2.24, 2.45) is 0 Å². The molecule has 0 bridgehead atoms. The highest BCUT2D eigenvalue weighted by atomic mass is 19.1. The molecule has 6 aromatic rings. The largest absolute Gasteiger partial charge is 0.330 e. The summed E-state index contributed by atoms with van der Waals surface area (Å²) in [7, 11) is 0. The summed E-state index contributed by atoms with van der Waals surface area (Å²) in [4.78, 5) is 22.1. The van der Waals surface area contributed by atoms with E-state index in [1.54, 1.807) is 18.2 Å². The Labute approximate surface area is 213 Å². The highest BCUT2D eigenvalue weighted by Gasteiger charge is 2.14. The molecule has 6 nitrogen and oxygen atoms in total. The van der Waals surface area contributed by atoms with E-state index in [4.69, 9.17) is 0 Å². The number of aryl methyl sites for hydroxylation is 3. The Morgan fingerprint density at radius 2 is 1.68 bits per heavy atom. The van der Waals surface area contributed by atoms with E-state index in [0.717, 1.165) is 52.2 Å². The number of hydrogen-bond donors (Lipinski definition) is 1. The summed E-state index contributed by atoms with van der Waals surface area (Å²) in [5.74, 6) is 0.259. The van der Waals surface area contributed by atoms with Gasteiger partial charge in [0.05, 0.1) is 28.4 Å². The minimum Gasteiger partial charge on any atom is -0.330 e. The van der Waals surface area contributed by atoms with Crippen LogP contribution in [0.25, 0.3) is 27.8 Å². The molecule has 4 aromatic carbocycles. The van der Waals surface area contributed by atoms with E-state index in [1.165, 1.54) is 17.7 Å². The highest BCUT2D eigenvalue weighted by molar-refractivity contribution is 6.06. The summed E-state index contributed by atoms with van der Waals surface area (Å²) < 4.78 is 17.5. The number of hydrogen-bond acceptors (Lipinski definition) is 3. The van der Waals surface area contributed by atoms with E-state index < -0.39 is 0 Å². The molecule has 2 heterocycles. The van der Waals surface area contributed by atoms with Crippen LogP contribution in [-0.2, 0) is 13.0 Å². The van der Waals surface area contributed by atoms with Gasteiger partial charge in [-0.3, -0.25) is 9.36 Å². The van der Waals surface area contributed by atoms with Crippen molar-refractivity contribution in [2.45, 2.75) is 19.9 Å². The molecule has 7 heteroatoms. The van der Waals surface area contributed by atoms with Gasteiger partial charge in [-0.05, 0) is 85.6 Å². The fourth-order valence-corrected chi connectivity index (χ4v) is 4.65. The number of carbonyl (C=O) groups is 1. The molecule has 1 amide bonds. The predicted octanol–water partition coefficient (Wildman–Crippen LogP) is 6.32. The van der Waals surface area contributed by atoms with Crippen molar-refractivity contribution in [1.29, 1.82) is 0 Å². The van der Waals surface area contributed by atoms with Crippen molar-refractivity contribution >= 4 is 33.7 Å². The lowest BCUT2D eigenvalue weighted by atomic mass is 10.1. The Morgan fingerprint density at radius 1 is 0.892 bits per heavy atom. The van der Waals surface area contributed by atoms with Crippen molar-refractivity contribution in [3.63, 3.8) is 0 Å². The van der Waals surface area contributed by atoms with Crippen molar-refractivity contribution < 1.29 is 9.18 Å². The number of amides is 1. The lowest BCUT2D eigenvalue weighted by Crippen LogP contribution is -2.12. The van der Waals surface area contributed by atoms with E-state index in [1.807, 2.05) is 72.4 Å². The number of imidazole rings is 2. The Morgan fingerprint density at radius 3 is 2.49 bits per heavy atom. The van der Waals surface area contributed by atoms with E-state index in [-0.39, 0.29) is 11.7 Å². The molecule has 2 aromatic heterocycles. The van der Waals surface area contributed by atoms with Crippen LogP contribution in [0.4, 0.5) is 10.1 Å². The van der Waals surface area contributed by atoms with E-state index in [2.05, 4.69) is 25.9 Å². The normalized spacial score (nSPS) is 11.3. The van der Waals surface area contributed by atoms with Gasteiger partial charge in [-0.15, -0.1) is 0 Å². The number of nitrogens with one attached hydrogen (secondary N) is 1. The first-order chi connectivity index (χ1) is 18.0. The molecule has 0 radical (unpaired) electrons. The Balaban J connectivity index is 1.17. The smallest absolute Gasteiger partial charge is 0.255 e. The van der Waals surface area contributed by atoms with Gasteiger partial charge in [0.15, 0.2) is 0 Å². The number of carbonyl (C=O) groups excluding carboxylic acids is 1. The zero-order valence-electron chi connectivity index (χ0n) is 20.2. The van der Waals surface area contributed by atoms with Crippen LogP contribution in [0.3, 0.4) is 0 Å². The van der Waals surface area contributed by atoms with Gasteiger partial charge >= 0.3 is 0 Å². The third kappa shape index (κ3) is 4.47. The summed E-state index contributed by atoms with van der Waals surface area (Å²) in [6.07, 6.45) is 2.73. The Bertz CT molecular complexity index is 1730. The average Bonchev–Trinajstić information content (AvgIpc) is 3.48. The topological polar surface area (TPSA) is 64.7 Å². The molecule has 37 heavy (non-hydrogen) atoms. The summed E-state index contributed by atoms with van der Waals surface area (Å²) in [5, 5.41) is 2.98. The number of aromatic nitrogens is 4. The summed E-state index contributed by atoms with van der Waals surface area (Å²) >= 11 is 0. The standard InChI is InChI=1S/C30H24FN5O/c1-20-33-27-15-8-22(18-29(27)36(20)25-13-9-23(31)10-14-25)30(37)34-24-11-6-21(7-12-24)16-17-35-19-32-26-4-2-3-5-28(26)35/h2-15,18-19H,16-17H2,1H3,(H,34,37). The van der Waals surface area contributed by atoms with E-state index >= 15 is 0 Å². The number of para-hydroxylation sites is 2. The molecule has 0 aliphatic rings. The highest BCUT2D eigenvalue weighted by Crippen LogP contribution is 2.23. The van der Waals surface area contributed by atoms with Crippen LogP contribution in [0.15, 0.2) is 97.3 Å². The SMILES string of the molecule is Cc1nc2ccc(C(=O)Nc3ccc(CCn4cnc5ccccc54)cc3)cc2n1-c1ccc(F)cc1. The maximum atomic E-state index is 13.4. The maximum absolute atomic E-state index is 13.4. The third-order valence-corrected chi connectivity index (χ3v) is 6.55. The molecule has 0 fully saturated rings. The number of rotatable bonds is 6. The number of nitrogens with zero attached hydrogens (tertiary/aromatic N) is 4. The minimum absolute atomic E-state index is 0.205. The van der Waals surface area contributed by atoms with Gasteiger partial charge in [0.1, 0.15) is 11.6 Å². The monoisotopic (exact) mass is 489 g/mol. The lowest BCUT2D eigenvalue weighted by Gasteiger charge is -2.09. The predicted molar refractivity (Wildman–Crippen MR) is 144 cm³/mol. The number of halogens is 1. The fraction of sp³-hybridized carbons (Fsp3) is 0.100. The molecule has 0 aliphatic heterocycles. The molecular formula is C30H24FN5O. The molecule has 0 aliphatic carbocycles. The second-order valence-corrected chi connectivity index (χ2v) is 9.00. The van der Waals surface area contributed by atoms with Crippen LogP contribution in [0.2, 0.25) is 0 Å². The molecule has 182 valence electrons. The Hall–Kier alpha value is -4.78. The van der Waals surface area contributed by atoms with Crippen LogP contribution in [0, 0.1) is 12.7 Å². The van der Waals surface area contributed by atoms with Gasteiger partial charge in [0, 0.05) is 23.5 Å². The average molecular weight is 490 g/mol. The number of benzene rings is 4. The van der Waals surface area contributed by atoms with E-state index in [9.17, 15) is 9.18 Å².